The zero-order valence-corrected chi connectivity index (χ0v) is 11.9. The molecule has 0 spiro atoms. The number of methoxy groups -OCH3 is 1. The van der Waals surface area contributed by atoms with Crippen molar-refractivity contribution in [2.75, 3.05) is 19.0 Å². The van der Waals surface area contributed by atoms with Crippen molar-refractivity contribution in [3.05, 3.63) is 38.8 Å². The molecule has 16 heavy (non-hydrogen) atoms. The van der Waals surface area contributed by atoms with Crippen LogP contribution < -0.4 is 5.32 Å². The molecule has 1 aromatic rings. The lowest BCUT2D eigenvalue weighted by Gasteiger charge is -2.12. The Kier molecular flexibility index (Phi) is 6.21. The number of rotatable bonds is 5. The van der Waals surface area contributed by atoms with E-state index < -0.39 is 0 Å². The van der Waals surface area contributed by atoms with Crippen LogP contribution in [0.4, 0.5) is 5.69 Å². The van der Waals surface area contributed by atoms with Crippen LogP contribution in [0.2, 0.25) is 0 Å². The van der Waals surface area contributed by atoms with Crippen LogP contribution in [-0.2, 0) is 11.3 Å². The third kappa shape index (κ3) is 3.98. The minimum atomic E-state index is 0.498. The molecule has 0 atom stereocenters. The first kappa shape index (κ1) is 13.8. The van der Waals surface area contributed by atoms with Crippen LogP contribution in [-0.4, -0.2) is 13.7 Å². The molecule has 1 rings (SSSR count). The highest BCUT2D eigenvalue weighted by Gasteiger charge is 2.06. The normalized spacial score (nSPS) is 11.6. The highest BCUT2D eigenvalue weighted by Crippen LogP contribution is 2.25. The van der Waals surface area contributed by atoms with E-state index >= 15 is 0 Å². The van der Waals surface area contributed by atoms with Crippen LogP contribution in [0.1, 0.15) is 5.56 Å². The van der Waals surface area contributed by atoms with Crippen molar-refractivity contribution in [2.45, 2.75) is 6.61 Å². The molecule has 0 saturated carbocycles. The molecule has 0 saturated heterocycles. The molecule has 0 heterocycles. The van der Waals surface area contributed by atoms with Crippen LogP contribution in [0.5, 0.6) is 0 Å². The summed E-state index contributed by atoms with van der Waals surface area (Å²) in [6.45, 7) is 1.03. The smallest absolute Gasteiger partial charge is 0.0744 e. The van der Waals surface area contributed by atoms with Crippen LogP contribution in [0.25, 0.3) is 0 Å². The van der Waals surface area contributed by atoms with E-state index in [1.807, 2.05) is 18.2 Å². The van der Waals surface area contributed by atoms with Crippen molar-refractivity contribution >= 4 is 44.8 Å². The van der Waals surface area contributed by atoms with Crippen molar-refractivity contribution in [1.82, 2.24) is 0 Å². The Morgan fingerprint density at radius 1 is 1.56 bits per heavy atom. The maximum atomic E-state index is 5.81. The molecule has 0 aliphatic rings. The van der Waals surface area contributed by atoms with Gasteiger partial charge < -0.3 is 10.1 Å². The molecule has 0 aromatic heterocycles. The van der Waals surface area contributed by atoms with Gasteiger partial charge in [0.05, 0.1) is 13.2 Å². The lowest BCUT2D eigenvalue weighted by molar-refractivity contribution is 0.185. The second kappa shape index (κ2) is 7.17. The third-order valence-electron chi connectivity index (χ3n) is 1.97. The fraction of sp³-hybridized carbons (Fsp3) is 0.273. The molecule has 0 aliphatic carbocycles. The number of hydrogen-bond acceptors (Lipinski definition) is 2. The Hall–Kier alpha value is -0.220. The number of hydrogen-bond donors (Lipinski definition) is 1. The van der Waals surface area contributed by atoms with Crippen LogP contribution in [0.15, 0.2) is 33.2 Å². The average molecular weight is 325 g/mol. The quantitative estimate of drug-likeness (QED) is 0.870. The summed E-state index contributed by atoms with van der Waals surface area (Å²) in [4.78, 5) is 0. The van der Waals surface area contributed by atoms with Gasteiger partial charge in [-0.1, -0.05) is 45.2 Å². The predicted molar refractivity (Wildman–Crippen MR) is 73.1 cm³/mol. The van der Waals surface area contributed by atoms with Gasteiger partial charge in [-0.05, 0) is 12.1 Å². The van der Waals surface area contributed by atoms with Crippen molar-refractivity contribution in [3.8, 4) is 0 Å². The van der Waals surface area contributed by atoms with Gasteiger partial charge in [-0.15, -0.1) is 0 Å². The summed E-state index contributed by atoms with van der Waals surface area (Å²) in [7, 11) is 1.66. The molecule has 0 fully saturated rings. The third-order valence-corrected chi connectivity index (χ3v) is 3.33. The topological polar surface area (TPSA) is 21.3 Å². The van der Waals surface area contributed by atoms with Gasteiger partial charge in [0.1, 0.15) is 0 Å². The van der Waals surface area contributed by atoms with Crippen molar-refractivity contribution in [1.29, 1.82) is 0 Å². The zero-order valence-electron chi connectivity index (χ0n) is 8.77. The maximum absolute atomic E-state index is 5.81. The Labute approximate surface area is 114 Å². The van der Waals surface area contributed by atoms with Gasteiger partial charge in [0.2, 0.25) is 0 Å². The number of halogens is 3. The molecular formula is C11H12BrCl2NO. The molecule has 2 nitrogen and oxygen atoms in total. The highest BCUT2D eigenvalue weighted by atomic mass is 79.9. The Morgan fingerprint density at radius 3 is 2.94 bits per heavy atom. The number of nitrogens with one attached hydrogen (secondary N) is 1. The lowest BCUT2D eigenvalue weighted by Crippen LogP contribution is -2.05. The molecule has 1 N–H and O–H groups in total. The molecule has 88 valence electrons. The molecular weight excluding hydrogens is 313 g/mol. The van der Waals surface area contributed by atoms with Gasteiger partial charge in [-0.3, -0.25) is 0 Å². The molecule has 0 aliphatic heterocycles. The molecule has 1 aromatic carbocycles. The van der Waals surface area contributed by atoms with Crippen LogP contribution in [0.3, 0.4) is 0 Å². The molecule has 0 amide bonds. The van der Waals surface area contributed by atoms with Gasteiger partial charge in [0.25, 0.3) is 0 Å². The van der Waals surface area contributed by atoms with Crippen LogP contribution in [0, 0.1) is 0 Å². The molecule has 5 heteroatoms. The summed E-state index contributed by atoms with van der Waals surface area (Å²) in [5.74, 6) is 0. The summed E-state index contributed by atoms with van der Waals surface area (Å²) >= 11 is 14.8. The minimum absolute atomic E-state index is 0.498. The monoisotopic (exact) mass is 323 g/mol. The second-order valence-corrected chi connectivity index (χ2v) is 4.67. The van der Waals surface area contributed by atoms with E-state index in [1.54, 1.807) is 7.11 Å². The standard InChI is InChI=1S/C11H12BrCl2NO/c1-16-7-9-10(12)3-2-4-11(9)15-6-8(14)5-13/h2-5,15H,6-7H2,1H3. The molecule has 0 radical (unpaired) electrons. The fourth-order valence-corrected chi connectivity index (χ4v) is 1.86. The number of benzene rings is 1. The van der Waals surface area contributed by atoms with Gasteiger partial charge in [0.15, 0.2) is 0 Å². The van der Waals surface area contributed by atoms with Crippen molar-refractivity contribution in [2.24, 2.45) is 0 Å². The minimum Gasteiger partial charge on any atom is -0.380 e. The van der Waals surface area contributed by atoms with Gasteiger partial charge in [-0.25, -0.2) is 0 Å². The van der Waals surface area contributed by atoms with Gasteiger partial charge in [0, 0.05) is 33.4 Å². The van der Waals surface area contributed by atoms with E-state index in [-0.39, 0.29) is 0 Å². The largest absolute Gasteiger partial charge is 0.380 e. The maximum Gasteiger partial charge on any atom is 0.0744 e. The number of ether oxygens (including phenoxy) is 1. The first-order valence-electron chi connectivity index (χ1n) is 4.64. The van der Waals surface area contributed by atoms with Crippen molar-refractivity contribution in [3.63, 3.8) is 0 Å². The summed E-state index contributed by atoms with van der Waals surface area (Å²) in [5, 5.41) is 3.76. The lowest BCUT2D eigenvalue weighted by atomic mass is 10.2. The summed E-state index contributed by atoms with van der Waals surface area (Å²) in [5.41, 5.74) is 3.39. The Morgan fingerprint density at radius 2 is 2.31 bits per heavy atom. The molecule has 0 unspecified atom stereocenters. The average Bonchev–Trinajstić information content (AvgIpc) is 2.29. The van der Waals surface area contributed by atoms with E-state index in [0.717, 1.165) is 15.7 Å². The fourth-order valence-electron chi connectivity index (χ4n) is 1.23. The van der Waals surface area contributed by atoms with E-state index in [1.165, 1.54) is 5.54 Å². The van der Waals surface area contributed by atoms with Crippen molar-refractivity contribution < 1.29 is 4.74 Å². The number of anilines is 1. The van der Waals surface area contributed by atoms with Gasteiger partial charge >= 0.3 is 0 Å². The van der Waals surface area contributed by atoms with E-state index in [9.17, 15) is 0 Å². The van der Waals surface area contributed by atoms with Crippen LogP contribution >= 0.6 is 39.1 Å². The molecule has 0 bridgehead atoms. The second-order valence-electron chi connectivity index (χ2n) is 3.11. The van der Waals surface area contributed by atoms with E-state index in [0.29, 0.717) is 18.2 Å². The first-order valence-corrected chi connectivity index (χ1v) is 6.24. The SMILES string of the molecule is COCc1c(Br)cccc1NCC(Cl)=CCl. The van der Waals surface area contributed by atoms with Gasteiger partial charge in [-0.2, -0.15) is 0 Å². The van der Waals surface area contributed by atoms with E-state index in [2.05, 4.69) is 21.2 Å². The summed E-state index contributed by atoms with van der Waals surface area (Å²) in [6, 6.07) is 5.89. The van der Waals surface area contributed by atoms with E-state index in [4.69, 9.17) is 27.9 Å². The zero-order chi connectivity index (χ0) is 12.0. The Balaban J connectivity index is 2.82. The first-order chi connectivity index (χ1) is 7.69. The highest BCUT2D eigenvalue weighted by molar-refractivity contribution is 9.10. The predicted octanol–water partition coefficient (Wildman–Crippen LogP) is 4.33. The summed E-state index contributed by atoms with van der Waals surface area (Å²) in [6.07, 6.45) is 0. The summed E-state index contributed by atoms with van der Waals surface area (Å²) < 4.78 is 6.14. The Bertz CT molecular complexity index is 382.